The van der Waals surface area contributed by atoms with Crippen LogP contribution in [0, 0.1) is 0 Å². The second-order valence-corrected chi connectivity index (χ2v) is 6.72. The van der Waals surface area contributed by atoms with Crippen LogP contribution in [-0.2, 0) is 23.0 Å². The third-order valence-corrected chi connectivity index (χ3v) is 4.34. The maximum absolute atomic E-state index is 12.1. The van der Waals surface area contributed by atoms with Gasteiger partial charge in [-0.3, -0.25) is 4.98 Å². The number of sulfonamides is 1. The van der Waals surface area contributed by atoms with E-state index in [1.807, 2.05) is 0 Å². The van der Waals surface area contributed by atoms with Gasteiger partial charge in [-0.05, 0) is 29.8 Å². The SMILES string of the molecule is NC(=S)Cc1ccc(S(=O)(=O)NCc2ccccn2)cc1. The number of nitrogens with zero attached hydrogens (tertiary/aromatic N) is 1. The van der Waals surface area contributed by atoms with Crippen LogP contribution in [0.3, 0.4) is 0 Å². The van der Waals surface area contributed by atoms with Gasteiger partial charge in [-0.2, -0.15) is 0 Å². The highest BCUT2D eigenvalue weighted by Crippen LogP contribution is 2.11. The van der Waals surface area contributed by atoms with Gasteiger partial charge in [0.15, 0.2) is 0 Å². The zero-order valence-electron chi connectivity index (χ0n) is 11.2. The molecule has 0 amide bonds. The summed E-state index contributed by atoms with van der Waals surface area (Å²) in [6.07, 6.45) is 2.07. The molecule has 0 saturated heterocycles. The van der Waals surface area contributed by atoms with Crippen LogP contribution in [0.4, 0.5) is 0 Å². The summed E-state index contributed by atoms with van der Waals surface area (Å²) in [6, 6.07) is 11.8. The maximum atomic E-state index is 12.1. The van der Waals surface area contributed by atoms with Gasteiger partial charge >= 0.3 is 0 Å². The quantitative estimate of drug-likeness (QED) is 0.785. The van der Waals surface area contributed by atoms with Gasteiger partial charge in [-0.25, -0.2) is 13.1 Å². The molecule has 0 unspecified atom stereocenters. The molecule has 0 bridgehead atoms. The Morgan fingerprint density at radius 1 is 1.19 bits per heavy atom. The Bertz CT molecular complexity index is 714. The minimum absolute atomic E-state index is 0.151. The van der Waals surface area contributed by atoms with Crippen molar-refractivity contribution < 1.29 is 8.42 Å². The van der Waals surface area contributed by atoms with Crippen LogP contribution >= 0.6 is 12.2 Å². The van der Waals surface area contributed by atoms with Crippen molar-refractivity contribution in [2.24, 2.45) is 5.73 Å². The summed E-state index contributed by atoms with van der Waals surface area (Å²) in [5.41, 5.74) is 6.99. The van der Waals surface area contributed by atoms with E-state index in [4.69, 9.17) is 18.0 Å². The molecule has 0 aliphatic rings. The molecule has 0 aliphatic heterocycles. The molecule has 1 aromatic heterocycles. The third kappa shape index (κ3) is 4.59. The molecule has 1 aromatic carbocycles. The van der Waals surface area contributed by atoms with E-state index in [0.29, 0.717) is 17.1 Å². The monoisotopic (exact) mass is 321 g/mol. The second-order valence-electron chi connectivity index (χ2n) is 4.43. The summed E-state index contributed by atoms with van der Waals surface area (Å²) in [6.45, 7) is 0.151. The van der Waals surface area contributed by atoms with Crippen molar-refractivity contribution in [3.05, 3.63) is 59.9 Å². The van der Waals surface area contributed by atoms with E-state index in [1.54, 1.807) is 36.5 Å². The fraction of sp³-hybridized carbons (Fsp3) is 0.143. The summed E-state index contributed by atoms with van der Waals surface area (Å²) in [5.74, 6) is 0. The van der Waals surface area contributed by atoms with Crippen molar-refractivity contribution >= 4 is 27.2 Å². The standard InChI is InChI=1S/C14H15N3O2S2/c15-14(20)9-11-4-6-13(7-5-11)21(18,19)17-10-12-3-1-2-8-16-12/h1-8,17H,9-10H2,(H2,15,20). The van der Waals surface area contributed by atoms with Crippen LogP contribution in [0.1, 0.15) is 11.3 Å². The normalized spacial score (nSPS) is 11.2. The highest BCUT2D eigenvalue weighted by atomic mass is 32.2. The van der Waals surface area contributed by atoms with Gasteiger partial charge in [-0.1, -0.05) is 30.4 Å². The lowest BCUT2D eigenvalue weighted by molar-refractivity contribution is 0.580. The molecule has 5 nitrogen and oxygen atoms in total. The average molecular weight is 321 g/mol. The summed E-state index contributed by atoms with van der Waals surface area (Å²) >= 11 is 4.82. The van der Waals surface area contributed by atoms with Gasteiger partial charge in [0.2, 0.25) is 10.0 Å². The third-order valence-electron chi connectivity index (χ3n) is 2.78. The van der Waals surface area contributed by atoms with Crippen molar-refractivity contribution in [2.45, 2.75) is 17.9 Å². The summed E-state index contributed by atoms with van der Waals surface area (Å²) in [7, 11) is -3.56. The van der Waals surface area contributed by atoms with Crippen molar-refractivity contribution in [3.63, 3.8) is 0 Å². The van der Waals surface area contributed by atoms with Crippen LogP contribution in [0.25, 0.3) is 0 Å². The van der Waals surface area contributed by atoms with E-state index in [-0.39, 0.29) is 11.4 Å². The number of nitrogens with two attached hydrogens (primary N) is 1. The highest BCUT2D eigenvalue weighted by molar-refractivity contribution is 7.89. The lowest BCUT2D eigenvalue weighted by atomic mass is 10.1. The van der Waals surface area contributed by atoms with Crippen LogP contribution in [0.2, 0.25) is 0 Å². The molecule has 1 heterocycles. The predicted octanol–water partition coefficient (Wildman–Crippen LogP) is 1.39. The van der Waals surface area contributed by atoms with Crippen molar-refractivity contribution in [1.29, 1.82) is 0 Å². The van der Waals surface area contributed by atoms with Crippen LogP contribution < -0.4 is 10.5 Å². The second kappa shape index (κ2) is 6.75. The minimum Gasteiger partial charge on any atom is -0.393 e. The number of pyridine rings is 1. The molecule has 0 aliphatic carbocycles. The largest absolute Gasteiger partial charge is 0.393 e. The summed E-state index contributed by atoms with van der Waals surface area (Å²) in [5, 5.41) is 0. The number of aromatic nitrogens is 1. The zero-order valence-corrected chi connectivity index (χ0v) is 12.8. The maximum Gasteiger partial charge on any atom is 0.240 e. The first kappa shape index (κ1) is 15.6. The number of benzene rings is 1. The number of hydrogen-bond acceptors (Lipinski definition) is 4. The van der Waals surface area contributed by atoms with Crippen molar-refractivity contribution in [3.8, 4) is 0 Å². The molecule has 3 N–H and O–H groups in total. The summed E-state index contributed by atoms with van der Waals surface area (Å²) in [4.78, 5) is 4.64. The van der Waals surface area contributed by atoms with Gasteiger partial charge in [0.05, 0.1) is 22.1 Å². The first-order valence-corrected chi connectivity index (χ1v) is 8.13. The van der Waals surface area contributed by atoms with E-state index >= 15 is 0 Å². The molecule has 0 saturated carbocycles. The fourth-order valence-electron chi connectivity index (χ4n) is 1.74. The Kier molecular flexibility index (Phi) is 5.00. The first-order chi connectivity index (χ1) is 9.97. The van der Waals surface area contributed by atoms with E-state index in [9.17, 15) is 8.42 Å². The zero-order chi connectivity index (χ0) is 15.3. The smallest absolute Gasteiger partial charge is 0.240 e. The molecular formula is C14H15N3O2S2. The Morgan fingerprint density at radius 2 is 1.90 bits per heavy atom. The highest BCUT2D eigenvalue weighted by Gasteiger charge is 2.13. The topological polar surface area (TPSA) is 85.1 Å². The van der Waals surface area contributed by atoms with E-state index in [0.717, 1.165) is 5.56 Å². The Labute approximate surface area is 129 Å². The molecule has 0 atom stereocenters. The lowest BCUT2D eigenvalue weighted by Crippen LogP contribution is -2.23. The van der Waals surface area contributed by atoms with Gasteiger partial charge in [0.25, 0.3) is 0 Å². The van der Waals surface area contributed by atoms with Crippen LogP contribution in [-0.4, -0.2) is 18.4 Å². The number of rotatable bonds is 6. The van der Waals surface area contributed by atoms with Gasteiger partial charge in [0, 0.05) is 12.6 Å². The average Bonchev–Trinajstić information content (AvgIpc) is 2.46. The number of thiocarbonyl (C=S) groups is 1. The number of nitrogens with one attached hydrogen (secondary N) is 1. The Morgan fingerprint density at radius 3 is 2.48 bits per heavy atom. The molecule has 0 fully saturated rings. The molecule has 2 rings (SSSR count). The van der Waals surface area contributed by atoms with Gasteiger partial charge in [0.1, 0.15) is 0 Å². The molecule has 21 heavy (non-hydrogen) atoms. The molecule has 0 spiro atoms. The minimum atomic E-state index is -3.56. The fourth-order valence-corrected chi connectivity index (χ4v) is 2.91. The van der Waals surface area contributed by atoms with E-state index in [1.165, 1.54) is 12.1 Å². The molecule has 0 radical (unpaired) electrons. The van der Waals surface area contributed by atoms with Crippen molar-refractivity contribution in [1.82, 2.24) is 9.71 Å². The van der Waals surface area contributed by atoms with Crippen LogP contribution in [0.5, 0.6) is 0 Å². The van der Waals surface area contributed by atoms with Gasteiger partial charge < -0.3 is 5.73 Å². The molecular weight excluding hydrogens is 306 g/mol. The lowest BCUT2D eigenvalue weighted by Gasteiger charge is -2.07. The van der Waals surface area contributed by atoms with E-state index < -0.39 is 10.0 Å². The first-order valence-electron chi connectivity index (χ1n) is 6.24. The molecule has 110 valence electrons. The van der Waals surface area contributed by atoms with Crippen LogP contribution in [0.15, 0.2) is 53.6 Å². The Balaban J connectivity index is 2.07. The summed E-state index contributed by atoms with van der Waals surface area (Å²) < 4.78 is 26.8. The molecule has 7 heteroatoms. The number of hydrogen-bond donors (Lipinski definition) is 2. The van der Waals surface area contributed by atoms with Gasteiger partial charge in [-0.15, -0.1) is 0 Å². The molecule has 2 aromatic rings. The Hall–Kier alpha value is -1.83. The predicted molar refractivity (Wildman–Crippen MR) is 85.2 cm³/mol. The van der Waals surface area contributed by atoms with E-state index in [2.05, 4.69) is 9.71 Å². The van der Waals surface area contributed by atoms with Crippen molar-refractivity contribution in [2.75, 3.05) is 0 Å².